The standard InChI is InChI=1S/C8H12N2O/c1-4-5(2)8(9)10-6(3)7(4)11/h11H,1-3H3,(H2,9,10). The van der Waals surface area contributed by atoms with E-state index in [1.807, 2.05) is 13.8 Å². The molecule has 0 aliphatic rings. The van der Waals surface area contributed by atoms with Crippen LogP contribution in [0.1, 0.15) is 16.8 Å². The fourth-order valence-electron chi connectivity index (χ4n) is 0.959. The van der Waals surface area contributed by atoms with E-state index in [4.69, 9.17) is 5.73 Å². The molecule has 0 radical (unpaired) electrons. The fraction of sp³-hybridized carbons (Fsp3) is 0.375. The first-order valence-corrected chi connectivity index (χ1v) is 3.46. The highest BCUT2D eigenvalue weighted by molar-refractivity contribution is 5.51. The van der Waals surface area contributed by atoms with Crippen molar-refractivity contribution < 1.29 is 5.11 Å². The molecule has 1 aromatic heterocycles. The minimum atomic E-state index is 0.247. The quantitative estimate of drug-likeness (QED) is 0.589. The Kier molecular flexibility index (Phi) is 1.72. The van der Waals surface area contributed by atoms with Crippen LogP contribution in [0.2, 0.25) is 0 Å². The minimum Gasteiger partial charge on any atom is -0.506 e. The third-order valence-electron chi connectivity index (χ3n) is 1.93. The predicted molar refractivity (Wildman–Crippen MR) is 44.5 cm³/mol. The second kappa shape index (κ2) is 2.42. The predicted octanol–water partition coefficient (Wildman–Crippen LogP) is 1.29. The summed E-state index contributed by atoms with van der Waals surface area (Å²) in [7, 11) is 0. The lowest BCUT2D eigenvalue weighted by molar-refractivity contribution is 0.463. The Morgan fingerprint density at radius 3 is 2.27 bits per heavy atom. The molecule has 0 bridgehead atoms. The largest absolute Gasteiger partial charge is 0.506 e. The highest BCUT2D eigenvalue weighted by Crippen LogP contribution is 2.25. The van der Waals surface area contributed by atoms with Gasteiger partial charge in [0.25, 0.3) is 0 Å². The van der Waals surface area contributed by atoms with Crippen molar-refractivity contribution in [2.75, 3.05) is 5.73 Å². The Labute approximate surface area is 65.9 Å². The van der Waals surface area contributed by atoms with E-state index in [0.717, 1.165) is 11.1 Å². The second-order valence-electron chi connectivity index (χ2n) is 2.68. The average molecular weight is 152 g/mol. The number of pyridine rings is 1. The van der Waals surface area contributed by atoms with Crippen LogP contribution >= 0.6 is 0 Å². The number of rotatable bonds is 0. The van der Waals surface area contributed by atoms with E-state index in [2.05, 4.69) is 4.98 Å². The molecule has 0 fully saturated rings. The first kappa shape index (κ1) is 7.85. The molecule has 60 valence electrons. The maximum atomic E-state index is 9.39. The molecule has 1 rings (SSSR count). The van der Waals surface area contributed by atoms with Crippen molar-refractivity contribution in [1.82, 2.24) is 4.98 Å². The molecule has 0 saturated carbocycles. The van der Waals surface area contributed by atoms with Crippen molar-refractivity contribution in [1.29, 1.82) is 0 Å². The number of anilines is 1. The fourth-order valence-corrected chi connectivity index (χ4v) is 0.959. The number of aryl methyl sites for hydroxylation is 1. The molecule has 11 heavy (non-hydrogen) atoms. The number of nitrogens with zero attached hydrogens (tertiary/aromatic N) is 1. The molecule has 3 heteroatoms. The first-order valence-electron chi connectivity index (χ1n) is 3.46. The van der Waals surface area contributed by atoms with E-state index in [-0.39, 0.29) is 5.75 Å². The zero-order chi connectivity index (χ0) is 8.59. The van der Waals surface area contributed by atoms with E-state index < -0.39 is 0 Å². The summed E-state index contributed by atoms with van der Waals surface area (Å²) in [5.41, 5.74) is 7.83. The molecular formula is C8H12N2O. The van der Waals surface area contributed by atoms with Gasteiger partial charge in [-0.2, -0.15) is 0 Å². The second-order valence-corrected chi connectivity index (χ2v) is 2.68. The molecule has 0 amide bonds. The molecule has 1 aromatic rings. The van der Waals surface area contributed by atoms with Crippen LogP contribution in [0.3, 0.4) is 0 Å². The monoisotopic (exact) mass is 152 g/mol. The Hall–Kier alpha value is -1.25. The molecule has 0 aliphatic heterocycles. The summed E-state index contributed by atoms with van der Waals surface area (Å²) in [6.45, 7) is 5.41. The molecule has 0 aliphatic carbocycles. The van der Waals surface area contributed by atoms with Crippen molar-refractivity contribution >= 4 is 5.82 Å². The summed E-state index contributed by atoms with van der Waals surface area (Å²) >= 11 is 0. The van der Waals surface area contributed by atoms with Gasteiger partial charge in [-0.15, -0.1) is 0 Å². The van der Waals surface area contributed by atoms with Crippen LogP contribution in [0, 0.1) is 20.8 Å². The number of aromatic nitrogens is 1. The van der Waals surface area contributed by atoms with E-state index in [9.17, 15) is 5.11 Å². The number of nitrogen functional groups attached to an aromatic ring is 1. The Morgan fingerprint density at radius 2 is 1.73 bits per heavy atom. The number of nitrogens with two attached hydrogens (primary N) is 1. The van der Waals surface area contributed by atoms with Gasteiger partial charge in [0.2, 0.25) is 0 Å². The van der Waals surface area contributed by atoms with Crippen molar-refractivity contribution in [2.24, 2.45) is 0 Å². The number of hydrogen-bond acceptors (Lipinski definition) is 3. The van der Waals surface area contributed by atoms with Crippen molar-refractivity contribution in [3.8, 4) is 5.75 Å². The molecule has 3 nitrogen and oxygen atoms in total. The van der Waals surface area contributed by atoms with Gasteiger partial charge in [-0.1, -0.05) is 0 Å². The van der Waals surface area contributed by atoms with Crippen LogP contribution in [0.15, 0.2) is 0 Å². The van der Waals surface area contributed by atoms with E-state index in [1.165, 1.54) is 0 Å². The molecular weight excluding hydrogens is 140 g/mol. The Morgan fingerprint density at radius 1 is 1.18 bits per heavy atom. The molecule has 1 heterocycles. The average Bonchev–Trinajstić information content (AvgIpc) is 1.97. The molecule has 0 unspecified atom stereocenters. The van der Waals surface area contributed by atoms with E-state index in [0.29, 0.717) is 11.5 Å². The maximum Gasteiger partial charge on any atom is 0.140 e. The van der Waals surface area contributed by atoms with Crippen LogP contribution in [-0.4, -0.2) is 10.1 Å². The van der Waals surface area contributed by atoms with E-state index >= 15 is 0 Å². The summed E-state index contributed by atoms with van der Waals surface area (Å²) in [5, 5.41) is 9.39. The summed E-state index contributed by atoms with van der Waals surface area (Å²) in [6.07, 6.45) is 0. The number of aromatic hydroxyl groups is 1. The Balaban J connectivity index is 3.46. The lowest BCUT2D eigenvalue weighted by Crippen LogP contribution is -1.98. The van der Waals surface area contributed by atoms with Gasteiger partial charge in [0.15, 0.2) is 0 Å². The highest BCUT2D eigenvalue weighted by atomic mass is 16.3. The molecule has 3 N–H and O–H groups in total. The third kappa shape index (κ3) is 1.13. The third-order valence-corrected chi connectivity index (χ3v) is 1.93. The molecule has 0 spiro atoms. The molecule has 0 atom stereocenters. The molecule has 0 saturated heterocycles. The van der Waals surface area contributed by atoms with Crippen LogP contribution in [0.4, 0.5) is 5.82 Å². The summed E-state index contributed by atoms with van der Waals surface area (Å²) < 4.78 is 0. The van der Waals surface area contributed by atoms with Gasteiger partial charge in [0.1, 0.15) is 11.6 Å². The minimum absolute atomic E-state index is 0.247. The summed E-state index contributed by atoms with van der Waals surface area (Å²) in [6, 6.07) is 0. The maximum absolute atomic E-state index is 9.39. The highest BCUT2D eigenvalue weighted by Gasteiger charge is 2.07. The van der Waals surface area contributed by atoms with Gasteiger partial charge in [-0.05, 0) is 31.9 Å². The summed E-state index contributed by atoms with van der Waals surface area (Å²) in [5.74, 6) is 0.745. The van der Waals surface area contributed by atoms with Crippen LogP contribution in [0.25, 0.3) is 0 Å². The zero-order valence-corrected chi connectivity index (χ0v) is 6.97. The van der Waals surface area contributed by atoms with Crippen LogP contribution < -0.4 is 5.73 Å². The topological polar surface area (TPSA) is 59.1 Å². The van der Waals surface area contributed by atoms with Crippen LogP contribution in [0.5, 0.6) is 5.75 Å². The lowest BCUT2D eigenvalue weighted by atomic mass is 10.1. The Bertz CT molecular complexity index is 268. The molecule has 0 aromatic carbocycles. The van der Waals surface area contributed by atoms with Gasteiger partial charge >= 0.3 is 0 Å². The first-order chi connectivity index (χ1) is 5.04. The van der Waals surface area contributed by atoms with Gasteiger partial charge in [0.05, 0.1) is 5.69 Å². The van der Waals surface area contributed by atoms with Gasteiger partial charge in [0, 0.05) is 0 Å². The lowest BCUT2D eigenvalue weighted by Gasteiger charge is -2.07. The van der Waals surface area contributed by atoms with Crippen molar-refractivity contribution in [3.63, 3.8) is 0 Å². The van der Waals surface area contributed by atoms with E-state index in [1.54, 1.807) is 6.92 Å². The van der Waals surface area contributed by atoms with Crippen molar-refractivity contribution in [2.45, 2.75) is 20.8 Å². The zero-order valence-electron chi connectivity index (χ0n) is 6.97. The van der Waals surface area contributed by atoms with Gasteiger partial charge in [-0.25, -0.2) is 4.98 Å². The SMILES string of the molecule is Cc1nc(N)c(C)c(C)c1O. The van der Waals surface area contributed by atoms with Gasteiger partial charge in [-0.3, -0.25) is 0 Å². The van der Waals surface area contributed by atoms with Crippen LogP contribution in [-0.2, 0) is 0 Å². The normalized spacial score (nSPS) is 10.1. The summed E-state index contributed by atoms with van der Waals surface area (Å²) in [4.78, 5) is 3.96. The number of hydrogen-bond donors (Lipinski definition) is 2. The van der Waals surface area contributed by atoms with Gasteiger partial charge < -0.3 is 10.8 Å². The smallest absolute Gasteiger partial charge is 0.140 e. The van der Waals surface area contributed by atoms with Crippen molar-refractivity contribution in [3.05, 3.63) is 16.8 Å².